The summed E-state index contributed by atoms with van der Waals surface area (Å²) < 4.78 is 7.52. The zero-order chi connectivity index (χ0) is 7.78. The summed E-state index contributed by atoms with van der Waals surface area (Å²) in [5.41, 5.74) is -0.0555. The molecule has 0 amide bonds. The van der Waals surface area contributed by atoms with Gasteiger partial charge >= 0.3 is 0 Å². The van der Waals surface area contributed by atoms with Gasteiger partial charge in [-0.2, -0.15) is 0 Å². The highest BCUT2D eigenvalue weighted by molar-refractivity contribution is 7.96. The predicted octanol–water partition coefficient (Wildman–Crippen LogP) is 1.85. The highest BCUT2D eigenvalue weighted by atomic mass is 32.2. The molecule has 0 N–H and O–H groups in total. The Kier molecular flexibility index (Phi) is 1.86. The third kappa shape index (κ3) is 1.40. The monoisotopic (exact) mass is 159 g/mol. The van der Waals surface area contributed by atoms with Crippen molar-refractivity contribution in [2.45, 2.75) is 19.4 Å². The van der Waals surface area contributed by atoms with E-state index in [2.05, 4.69) is 24.7 Å². The highest BCUT2D eigenvalue weighted by Gasteiger charge is 2.32. The molecule has 1 rings (SSSR count). The smallest absolute Gasteiger partial charge is 0.192 e. The maximum Gasteiger partial charge on any atom is 0.192 e. The molecular weight excluding hydrogens is 146 g/mol. The van der Waals surface area contributed by atoms with Gasteiger partial charge in [0.05, 0.1) is 6.54 Å². The summed E-state index contributed by atoms with van der Waals surface area (Å²) in [5.74, 6) is 0.775. The molecular formula is C7H13NOS. The van der Waals surface area contributed by atoms with Crippen molar-refractivity contribution in [1.29, 1.82) is 0 Å². The molecule has 1 fully saturated rings. The van der Waals surface area contributed by atoms with Crippen molar-refractivity contribution in [3.05, 3.63) is 12.5 Å². The largest absolute Gasteiger partial charge is 0.471 e. The van der Waals surface area contributed by atoms with Crippen molar-refractivity contribution < 1.29 is 4.74 Å². The maximum atomic E-state index is 5.46. The van der Waals surface area contributed by atoms with Crippen molar-refractivity contribution in [1.82, 2.24) is 4.31 Å². The van der Waals surface area contributed by atoms with Gasteiger partial charge < -0.3 is 4.74 Å². The molecule has 1 aliphatic heterocycles. The Morgan fingerprint density at radius 1 is 1.70 bits per heavy atom. The number of hydrogen-bond donors (Lipinski definition) is 0. The van der Waals surface area contributed by atoms with Gasteiger partial charge in [-0.15, -0.1) is 0 Å². The van der Waals surface area contributed by atoms with E-state index in [1.165, 1.54) is 0 Å². The van der Waals surface area contributed by atoms with Crippen LogP contribution < -0.4 is 0 Å². The standard InChI is InChI=1S/C7H13NOS/c1-6-8(10-4)5-7(2,3)9-6/h1,5H2,2-4H3. The van der Waals surface area contributed by atoms with Crippen LogP contribution in [0.5, 0.6) is 0 Å². The molecule has 2 nitrogen and oxygen atoms in total. The van der Waals surface area contributed by atoms with Crippen molar-refractivity contribution in [2.75, 3.05) is 12.8 Å². The third-order valence-electron chi connectivity index (χ3n) is 1.42. The Labute approximate surface area is 66.4 Å². The van der Waals surface area contributed by atoms with Gasteiger partial charge in [-0.3, -0.25) is 4.31 Å². The van der Waals surface area contributed by atoms with Crippen LogP contribution in [0.25, 0.3) is 0 Å². The van der Waals surface area contributed by atoms with E-state index in [4.69, 9.17) is 4.74 Å². The summed E-state index contributed by atoms with van der Waals surface area (Å²) >= 11 is 1.65. The Balaban J connectivity index is 2.61. The number of hydrogen-bond acceptors (Lipinski definition) is 3. The summed E-state index contributed by atoms with van der Waals surface area (Å²) in [4.78, 5) is 0. The third-order valence-corrected chi connectivity index (χ3v) is 2.19. The second-order valence-corrected chi connectivity index (χ2v) is 3.78. The van der Waals surface area contributed by atoms with E-state index >= 15 is 0 Å². The fraction of sp³-hybridized carbons (Fsp3) is 0.714. The number of ether oxygens (including phenoxy) is 1. The fourth-order valence-electron chi connectivity index (χ4n) is 1.00. The molecule has 0 atom stereocenters. The molecule has 0 spiro atoms. The van der Waals surface area contributed by atoms with Crippen LogP contribution in [-0.2, 0) is 4.74 Å². The molecule has 0 radical (unpaired) electrons. The van der Waals surface area contributed by atoms with Crippen LogP contribution in [0.15, 0.2) is 12.5 Å². The van der Waals surface area contributed by atoms with E-state index < -0.39 is 0 Å². The molecule has 10 heavy (non-hydrogen) atoms. The Morgan fingerprint density at radius 2 is 2.30 bits per heavy atom. The first-order chi connectivity index (χ1) is 4.55. The molecule has 0 aromatic rings. The summed E-state index contributed by atoms with van der Waals surface area (Å²) in [5, 5.41) is 0. The predicted molar refractivity (Wildman–Crippen MR) is 44.5 cm³/mol. The second-order valence-electron chi connectivity index (χ2n) is 2.97. The van der Waals surface area contributed by atoms with E-state index in [9.17, 15) is 0 Å². The zero-order valence-electron chi connectivity index (χ0n) is 6.68. The van der Waals surface area contributed by atoms with E-state index in [0.717, 1.165) is 12.4 Å². The second kappa shape index (κ2) is 2.38. The molecule has 0 saturated carbocycles. The van der Waals surface area contributed by atoms with Crippen LogP contribution in [-0.4, -0.2) is 22.7 Å². The normalized spacial score (nSPS) is 23.1. The summed E-state index contributed by atoms with van der Waals surface area (Å²) in [7, 11) is 0. The lowest BCUT2D eigenvalue weighted by Gasteiger charge is -2.14. The van der Waals surface area contributed by atoms with Crippen molar-refractivity contribution in [2.24, 2.45) is 0 Å². The molecule has 1 heterocycles. The van der Waals surface area contributed by atoms with E-state index in [1.807, 2.05) is 6.26 Å². The fourth-order valence-corrected chi connectivity index (χ4v) is 1.68. The van der Waals surface area contributed by atoms with Gasteiger partial charge in [-0.25, -0.2) is 0 Å². The van der Waals surface area contributed by atoms with Crippen LogP contribution in [0.1, 0.15) is 13.8 Å². The van der Waals surface area contributed by atoms with Crippen molar-refractivity contribution in [3.8, 4) is 0 Å². The van der Waals surface area contributed by atoms with Crippen LogP contribution in [0, 0.1) is 0 Å². The minimum Gasteiger partial charge on any atom is -0.471 e. The summed E-state index contributed by atoms with van der Waals surface area (Å²) in [6.07, 6.45) is 2.02. The molecule has 0 aromatic carbocycles. The van der Waals surface area contributed by atoms with E-state index in [1.54, 1.807) is 11.9 Å². The molecule has 0 unspecified atom stereocenters. The maximum absolute atomic E-state index is 5.46. The van der Waals surface area contributed by atoms with Gasteiger partial charge in [-0.1, -0.05) is 11.9 Å². The minimum absolute atomic E-state index is 0.0555. The van der Waals surface area contributed by atoms with Gasteiger partial charge in [0.25, 0.3) is 0 Å². The van der Waals surface area contributed by atoms with E-state index in [-0.39, 0.29) is 5.60 Å². The van der Waals surface area contributed by atoms with Crippen LogP contribution >= 0.6 is 11.9 Å². The van der Waals surface area contributed by atoms with Gasteiger partial charge in [0.2, 0.25) is 0 Å². The Morgan fingerprint density at radius 3 is 2.50 bits per heavy atom. The SMILES string of the molecule is C=C1OC(C)(C)CN1SC. The molecule has 3 heteroatoms. The minimum atomic E-state index is -0.0555. The van der Waals surface area contributed by atoms with Crippen molar-refractivity contribution >= 4 is 11.9 Å². The summed E-state index contributed by atoms with van der Waals surface area (Å²) in [6, 6.07) is 0. The van der Waals surface area contributed by atoms with Crippen molar-refractivity contribution in [3.63, 3.8) is 0 Å². The molecule has 58 valence electrons. The lowest BCUT2D eigenvalue weighted by molar-refractivity contribution is 0.0864. The molecule has 1 aliphatic rings. The average molecular weight is 159 g/mol. The van der Waals surface area contributed by atoms with Gasteiger partial charge in [0, 0.05) is 6.26 Å². The Hall–Kier alpha value is -0.310. The van der Waals surface area contributed by atoms with E-state index in [0.29, 0.717) is 0 Å². The highest BCUT2D eigenvalue weighted by Crippen LogP contribution is 2.30. The van der Waals surface area contributed by atoms with Crippen LogP contribution in [0.2, 0.25) is 0 Å². The van der Waals surface area contributed by atoms with Gasteiger partial charge in [0.15, 0.2) is 5.88 Å². The first-order valence-corrected chi connectivity index (χ1v) is 4.43. The molecule has 0 aromatic heterocycles. The topological polar surface area (TPSA) is 12.5 Å². The lowest BCUT2D eigenvalue weighted by Crippen LogP contribution is -2.24. The average Bonchev–Trinajstić information content (AvgIpc) is 2.05. The lowest BCUT2D eigenvalue weighted by atomic mass is 10.1. The quantitative estimate of drug-likeness (QED) is 0.542. The Bertz CT molecular complexity index is 156. The van der Waals surface area contributed by atoms with Gasteiger partial charge in [0.1, 0.15) is 5.60 Å². The van der Waals surface area contributed by atoms with Crippen LogP contribution in [0.3, 0.4) is 0 Å². The van der Waals surface area contributed by atoms with Crippen LogP contribution in [0.4, 0.5) is 0 Å². The molecule has 0 aliphatic carbocycles. The first-order valence-electron chi connectivity index (χ1n) is 3.25. The first kappa shape index (κ1) is 7.79. The number of nitrogens with zero attached hydrogens (tertiary/aromatic N) is 1. The molecule has 0 bridgehead atoms. The zero-order valence-corrected chi connectivity index (χ0v) is 7.49. The molecule has 1 saturated heterocycles. The summed E-state index contributed by atoms with van der Waals surface area (Å²) in [6.45, 7) is 8.84. The van der Waals surface area contributed by atoms with Gasteiger partial charge in [-0.05, 0) is 20.4 Å². The number of rotatable bonds is 1.